The smallest absolute Gasteiger partial charge is 0.238 e. The van der Waals surface area contributed by atoms with E-state index in [1.807, 2.05) is 6.08 Å². The molecule has 1 fully saturated rings. The molecule has 8 nitrogen and oxygen atoms in total. The molecule has 4 atom stereocenters. The molecule has 0 aromatic heterocycles. The first-order valence-corrected chi connectivity index (χ1v) is 13.7. The van der Waals surface area contributed by atoms with Gasteiger partial charge in [-0.15, -0.1) is 0 Å². The molecule has 202 valence electrons. The van der Waals surface area contributed by atoms with E-state index in [-0.39, 0.29) is 57.5 Å². The van der Waals surface area contributed by atoms with E-state index < -0.39 is 29.6 Å². The van der Waals surface area contributed by atoms with Gasteiger partial charge in [0.1, 0.15) is 11.5 Å². The quantitative estimate of drug-likeness (QED) is 0.236. The number of hydrogen-bond donors (Lipinski definition) is 1. The van der Waals surface area contributed by atoms with Gasteiger partial charge < -0.3 is 9.84 Å². The van der Waals surface area contributed by atoms with Gasteiger partial charge in [-0.05, 0) is 78.0 Å². The number of carbonyl (C=O) groups is 5. The number of phenolic OH excluding ortho intramolecular Hbond substituents is 1. The molecule has 0 saturated carbocycles. The third kappa shape index (κ3) is 3.75. The first-order valence-electron chi connectivity index (χ1n) is 12.9. The van der Waals surface area contributed by atoms with E-state index in [1.165, 1.54) is 31.1 Å². The van der Waals surface area contributed by atoms with Crippen molar-refractivity contribution in [2.75, 3.05) is 12.0 Å². The Morgan fingerprint density at radius 3 is 2.42 bits per heavy atom. The van der Waals surface area contributed by atoms with Crippen LogP contribution in [0.25, 0.3) is 0 Å². The number of Topliss-reactive ketones (excluding diaryl/α,β-unsaturated/α-hetero) is 2. The second-order valence-corrected chi connectivity index (χ2v) is 11.3. The average molecular weight is 602 g/mol. The fourth-order valence-electron chi connectivity index (χ4n) is 6.64. The molecule has 9 heteroatoms. The van der Waals surface area contributed by atoms with Crippen LogP contribution in [-0.2, 0) is 19.2 Å². The maximum absolute atomic E-state index is 14.0. The van der Waals surface area contributed by atoms with Crippen LogP contribution in [0, 0.1) is 17.8 Å². The molecule has 1 heterocycles. The number of anilines is 1. The van der Waals surface area contributed by atoms with Gasteiger partial charge in [-0.3, -0.25) is 28.9 Å². The molecule has 0 radical (unpaired) electrons. The number of phenols is 1. The summed E-state index contributed by atoms with van der Waals surface area (Å²) >= 11 is 3.21. The largest absolute Gasteiger partial charge is 0.507 e. The lowest BCUT2D eigenvalue weighted by atomic mass is 9.59. The number of ketones is 3. The topological polar surface area (TPSA) is 118 Å². The number of hydrogen-bond acceptors (Lipinski definition) is 7. The second-order valence-electron chi connectivity index (χ2n) is 10.4. The van der Waals surface area contributed by atoms with Crippen molar-refractivity contribution >= 4 is 50.8 Å². The Balaban J connectivity index is 1.49. The van der Waals surface area contributed by atoms with Gasteiger partial charge in [0, 0.05) is 34.3 Å². The average Bonchev–Trinajstić information content (AvgIpc) is 3.20. The lowest BCUT2D eigenvalue weighted by molar-refractivity contribution is -0.123. The normalized spacial score (nSPS) is 25.7. The molecule has 0 unspecified atom stereocenters. The number of carbonyl (C=O) groups excluding carboxylic acids is 5. The van der Waals surface area contributed by atoms with Crippen molar-refractivity contribution in [3.8, 4) is 11.5 Å². The van der Waals surface area contributed by atoms with E-state index >= 15 is 0 Å². The Bertz CT molecular complexity index is 1630. The van der Waals surface area contributed by atoms with Crippen LogP contribution in [0.1, 0.15) is 41.6 Å². The number of methoxy groups -OCH3 is 1. The summed E-state index contributed by atoms with van der Waals surface area (Å²) in [7, 11) is 1.46. The van der Waals surface area contributed by atoms with Crippen molar-refractivity contribution in [2.45, 2.75) is 25.7 Å². The van der Waals surface area contributed by atoms with Crippen molar-refractivity contribution in [2.24, 2.45) is 17.8 Å². The Kier molecular flexibility index (Phi) is 6.22. The zero-order valence-electron chi connectivity index (χ0n) is 21.6. The van der Waals surface area contributed by atoms with Gasteiger partial charge >= 0.3 is 0 Å². The van der Waals surface area contributed by atoms with Crippen LogP contribution >= 0.6 is 15.9 Å². The Hall–Kier alpha value is -4.11. The minimum absolute atomic E-state index is 0.102. The zero-order valence-corrected chi connectivity index (χ0v) is 23.2. The molecule has 2 amide bonds. The van der Waals surface area contributed by atoms with Gasteiger partial charge in [-0.1, -0.05) is 17.7 Å². The van der Waals surface area contributed by atoms with Crippen molar-refractivity contribution in [1.29, 1.82) is 0 Å². The molecule has 0 bridgehead atoms. The van der Waals surface area contributed by atoms with Gasteiger partial charge in [0.15, 0.2) is 17.3 Å². The van der Waals surface area contributed by atoms with E-state index in [1.54, 1.807) is 36.4 Å². The molecule has 3 aliphatic carbocycles. The predicted molar refractivity (Wildman–Crippen MR) is 148 cm³/mol. The van der Waals surface area contributed by atoms with Crippen LogP contribution < -0.4 is 9.64 Å². The van der Waals surface area contributed by atoms with Crippen LogP contribution in [0.4, 0.5) is 5.69 Å². The highest BCUT2D eigenvalue weighted by molar-refractivity contribution is 9.12. The summed E-state index contributed by atoms with van der Waals surface area (Å²) in [5.74, 6) is -4.13. The summed E-state index contributed by atoms with van der Waals surface area (Å²) in [4.78, 5) is 67.2. The SMILES string of the molecule is COc1cccc(O)c1[C@H]1C2=CC[C@@H]3C(=O)N(c4ccc(C(C)=O)cc4)C(=O)[C@@H]3[C@@H]2CC2=C1C(=O)C=C(Br)C2=O. The predicted octanol–water partition coefficient (Wildman–Crippen LogP) is 4.57. The number of fused-ring (bicyclic) bond motifs is 3. The Labute approximate surface area is 238 Å². The molecule has 0 spiro atoms. The van der Waals surface area contributed by atoms with Crippen LogP contribution in [0.2, 0.25) is 0 Å². The molecule has 6 rings (SSSR count). The van der Waals surface area contributed by atoms with Crippen LogP contribution in [-0.4, -0.2) is 41.4 Å². The van der Waals surface area contributed by atoms with Crippen LogP contribution in [0.3, 0.4) is 0 Å². The highest BCUT2D eigenvalue weighted by Gasteiger charge is 2.57. The summed E-state index contributed by atoms with van der Waals surface area (Å²) in [6.45, 7) is 1.44. The maximum Gasteiger partial charge on any atom is 0.238 e. The molecule has 1 aliphatic heterocycles. The number of aromatic hydroxyl groups is 1. The summed E-state index contributed by atoms with van der Waals surface area (Å²) < 4.78 is 5.69. The molecular formula is C31H24BrNO7. The van der Waals surface area contributed by atoms with E-state index in [2.05, 4.69) is 15.9 Å². The van der Waals surface area contributed by atoms with Crippen LogP contribution in [0.15, 0.2) is 75.8 Å². The lowest BCUT2D eigenvalue weighted by Crippen LogP contribution is -2.39. The number of halogens is 1. The van der Waals surface area contributed by atoms with Crippen molar-refractivity contribution in [3.63, 3.8) is 0 Å². The number of imide groups is 1. The van der Waals surface area contributed by atoms with Gasteiger partial charge in [0.05, 0.1) is 29.1 Å². The third-order valence-corrected chi connectivity index (χ3v) is 9.00. The van der Waals surface area contributed by atoms with E-state index in [4.69, 9.17) is 4.74 Å². The molecule has 2 aromatic carbocycles. The van der Waals surface area contributed by atoms with E-state index in [0.29, 0.717) is 28.1 Å². The molecular weight excluding hydrogens is 578 g/mol. The maximum atomic E-state index is 14.0. The highest BCUT2D eigenvalue weighted by atomic mass is 79.9. The van der Waals surface area contributed by atoms with E-state index in [9.17, 15) is 29.1 Å². The van der Waals surface area contributed by atoms with Gasteiger partial charge in [0.25, 0.3) is 0 Å². The number of benzene rings is 2. The summed E-state index contributed by atoms with van der Waals surface area (Å²) in [6.07, 6.45) is 3.49. The standard InChI is InChI=1S/C31H24BrNO7/c1-14(34)15-6-8-16(9-7-15)33-30(38)18-11-10-17-19(25(18)31(33)39)12-20-26(23(36)13-21(32)29(20)37)27(17)28-22(35)4-3-5-24(28)40-2/h3-10,13,18-19,25,27,35H,11-12H2,1-2H3/t18-,19+,25-,27-/m0/s1. The first kappa shape index (κ1) is 26.1. The highest BCUT2D eigenvalue weighted by Crippen LogP contribution is 2.57. The number of rotatable bonds is 4. The summed E-state index contributed by atoms with van der Waals surface area (Å²) in [5, 5.41) is 11.0. The van der Waals surface area contributed by atoms with Crippen molar-refractivity contribution in [3.05, 3.63) is 86.9 Å². The third-order valence-electron chi connectivity index (χ3n) is 8.41. The fourth-order valence-corrected chi connectivity index (χ4v) is 7.09. The summed E-state index contributed by atoms with van der Waals surface area (Å²) in [6, 6.07) is 11.1. The number of nitrogens with zero attached hydrogens (tertiary/aromatic N) is 1. The minimum Gasteiger partial charge on any atom is -0.507 e. The monoisotopic (exact) mass is 601 g/mol. The van der Waals surface area contributed by atoms with Crippen molar-refractivity contribution < 1.29 is 33.8 Å². The number of ether oxygens (including phenoxy) is 1. The lowest BCUT2D eigenvalue weighted by Gasteiger charge is -2.42. The number of amides is 2. The van der Waals surface area contributed by atoms with Gasteiger partial charge in [-0.2, -0.15) is 0 Å². The molecule has 1 saturated heterocycles. The molecule has 40 heavy (non-hydrogen) atoms. The Morgan fingerprint density at radius 1 is 1.02 bits per heavy atom. The summed E-state index contributed by atoms with van der Waals surface area (Å²) in [5.41, 5.74) is 2.41. The van der Waals surface area contributed by atoms with Crippen molar-refractivity contribution in [1.82, 2.24) is 0 Å². The second kappa shape index (κ2) is 9.52. The number of allylic oxidation sites excluding steroid dienone is 6. The Morgan fingerprint density at radius 2 is 1.75 bits per heavy atom. The molecule has 4 aliphatic rings. The van der Waals surface area contributed by atoms with E-state index in [0.717, 1.165) is 0 Å². The van der Waals surface area contributed by atoms with Gasteiger partial charge in [-0.25, -0.2) is 0 Å². The molecule has 2 aromatic rings. The fraction of sp³-hybridized carbons (Fsp3) is 0.258. The first-order chi connectivity index (χ1) is 19.1. The molecule has 1 N–H and O–H groups in total. The van der Waals surface area contributed by atoms with Crippen LogP contribution in [0.5, 0.6) is 11.5 Å². The zero-order chi connectivity index (χ0) is 28.5. The minimum atomic E-state index is -0.828. The van der Waals surface area contributed by atoms with Gasteiger partial charge in [0.2, 0.25) is 11.8 Å².